The van der Waals surface area contributed by atoms with E-state index in [1.165, 1.54) is 4.31 Å². The zero-order valence-electron chi connectivity index (χ0n) is 19.9. The van der Waals surface area contributed by atoms with E-state index in [0.717, 1.165) is 11.8 Å². The highest BCUT2D eigenvalue weighted by molar-refractivity contribution is 7.92. The molecule has 0 aliphatic carbocycles. The third-order valence-corrected chi connectivity index (χ3v) is 6.44. The first kappa shape index (κ1) is 26.4. The van der Waals surface area contributed by atoms with Gasteiger partial charge in [-0.05, 0) is 37.0 Å². The fourth-order valence-electron chi connectivity index (χ4n) is 3.41. The van der Waals surface area contributed by atoms with E-state index >= 15 is 0 Å². The molecule has 0 fully saturated rings. The molecule has 2 aromatic carbocycles. The Kier molecular flexibility index (Phi) is 9.91. The summed E-state index contributed by atoms with van der Waals surface area (Å²) in [5.74, 6) is -0.0815. The quantitative estimate of drug-likeness (QED) is 0.512. The normalized spacial score (nSPS) is 12.3. The van der Waals surface area contributed by atoms with Gasteiger partial charge >= 0.3 is 0 Å². The molecule has 0 radical (unpaired) electrons. The predicted molar refractivity (Wildman–Crippen MR) is 132 cm³/mol. The molecule has 7 nitrogen and oxygen atoms in total. The number of carbonyl (C=O) groups is 2. The lowest BCUT2D eigenvalue weighted by molar-refractivity contribution is -0.140. The van der Waals surface area contributed by atoms with Crippen LogP contribution in [0.25, 0.3) is 0 Å². The number of hydrogen-bond acceptors (Lipinski definition) is 4. The largest absolute Gasteiger partial charge is 0.354 e. The summed E-state index contributed by atoms with van der Waals surface area (Å²) in [6.45, 7) is 6.78. The molecule has 0 saturated carbocycles. The maximum absolute atomic E-state index is 13.2. The number of anilines is 1. The Morgan fingerprint density at radius 1 is 0.939 bits per heavy atom. The highest BCUT2D eigenvalue weighted by Crippen LogP contribution is 2.18. The van der Waals surface area contributed by atoms with Gasteiger partial charge in [-0.3, -0.25) is 13.9 Å². The lowest BCUT2D eigenvalue weighted by atomic mass is 10.1. The second-order valence-electron chi connectivity index (χ2n) is 8.60. The third kappa shape index (κ3) is 8.53. The van der Waals surface area contributed by atoms with Crippen LogP contribution < -0.4 is 9.62 Å². The summed E-state index contributed by atoms with van der Waals surface area (Å²) in [5.41, 5.74) is 1.49. The molecular weight excluding hydrogens is 438 g/mol. The molecule has 0 saturated heterocycles. The van der Waals surface area contributed by atoms with Crippen molar-refractivity contribution in [1.82, 2.24) is 10.2 Å². The van der Waals surface area contributed by atoms with E-state index in [1.54, 1.807) is 36.1 Å². The van der Waals surface area contributed by atoms with Gasteiger partial charge in [0.05, 0.1) is 11.9 Å². The van der Waals surface area contributed by atoms with Crippen molar-refractivity contribution in [3.63, 3.8) is 0 Å². The summed E-state index contributed by atoms with van der Waals surface area (Å²) >= 11 is 0. The number of hydrogen-bond donors (Lipinski definition) is 1. The van der Waals surface area contributed by atoms with E-state index in [2.05, 4.69) is 5.32 Å². The van der Waals surface area contributed by atoms with Crippen molar-refractivity contribution in [3.8, 4) is 0 Å². The number of amides is 2. The molecule has 2 aromatic rings. The van der Waals surface area contributed by atoms with Crippen LogP contribution in [0.3, 0.4) is 0 Å². The van der Waals surface area contributed by atoms with Gasteiger partial charge in [0.25, 0.3) is 0 Å². The molecule has 33 heavy (non-hydrogen) atoms. The van der Waals surface area contributed by atoms with Crippen molar-refractivity contribution in [3.05, 3.63) is 66.2 Å². The van der Waals surface area contributed by atoms with Gasteiger partial charge in [-0.15, -0.1) is 0 Å². The summed E-state index contributed by atoms with van der Waals surface area (Å²) < 4.78 is 25.9. The average molecular weight is 474 g/mol. The molecule has 1 N–H and O–H groups in total. The summed E-state index contributed by atoms with van der Waals surface area (Å²) in [6.07, 6.45) is 1.63. The highest BCUT2D eigenvalue weighted by Gasteiger charge is 2.26. The number of nitrogens with one attached hydrogen (secondary N) is 1. The van der Waals surface area contributed by atoms with Crippen LogP contribution in [0, 0.1) is 5.92 Å². The first-order valence-electron chi connectivity index (χ1n) is 11.2. The Balaban J connectivity index is 2.10. The first-order valence-corrected chi connectivity index (χ1v) is 13.1. The predicted octanol–water partition coefficient (Wildman–Crippen LogP) is 3.42. The van der Waals surface area contributed by atoms with E-state index in [0.29, 0.717) is 31.1 Å². The Morgan fingerprint density at radius 3 is 2.06 bits per heavy atom. The number of rotatable bonds is 12. The molecule has 0 bridgehead atoms. The maximum atomic E-state index is 13.2. The van der Waals surface area contributed by atoms with E-state index in [-0.39, 0.29) is 24.8 Å². The lowest BCUT2D eigenvalue weighted by Gasteiger charge is -2.29. The van der Waals surface area contributed by atoms with Gasteiger partial charge < -0.3 is 10.2 Å². The molecule has 0 heterocycles. The Labute approximate surface area is 197 Å². The highest BCUT2D eigenvalue weighted by atomic mass is 32.2. The van der Waals surface area contributed by atoms with Crippen molar-refractivity contribution < 1.29 is 18.0 Å². The van der Waals surface area contributed by atoms with Crippen molar-refractivity contribution in [2.45, 2.75) is 46.2 Å². The van der Waals surface area contributed by atoms with Crippen LogP contribution in [0.15, 0.2) is 60.7 Å². The topological polar surface area (TPSA) is 86.8 Å². The van der Waals surface area contributed by atoms with Gasteiger partial charge in [0.1, 0.15) is 6.04 Å². The molecule has 180 valence electrons. The van der Waals surface area contributed by atoms with Crippen LogP contribution in [0.5, 0.6) is 0 Å². The number of nitrogens with zero attached hydrogens (tertiary/aromatic N) is 2. The molecule has 0 aromatic heterocycles. The second-order valence-corrected chi connectivity index (χ2v) is 10.5. The molecule has 0 aliphatic rings. The van der Waals surface area contributed by atoms with E-state index in [1.807, 2.05) is 50.2 Å². The smallest absolute Gasteiger partial charge is 0.242 e. The van der Waals surface area contributed by atoms with Gasteiger partial charge in [-0.2, -0.15) is 0 Å². The van der Waals surface area contributed by atoms with E-state index in [9.17, 15) is 18.0 Å². The molecule has 8 heteroatoms. The fraction of sp³-hybridized carbons (Fsp3) is 0.440. The fourth-order valence-corrected chi connectivity index (χ4v) is 4.38. The molecule has 0 unspecified atom stereocenters. The van der Waals surface area contributed by atoms with Crippen molar-refractivity contribution >= 4 is 27.5 Å². The minimum Gasteiger partial charge on any atom is -0.354 e. The summed E-state index contributed by atoms with van der Waals surface area (Å²) in [5, 5.41) is 2.90. The third-order valence-electron chi connectivity index (χ3n) is 5.24. The van der Waals surface area contributed by atoms with E-state index in [4.69, 9.17) is 0 Å². The van der Waals surface area contributed by atoms with Crippen LogP contribution >= 0.6 is 0 Å². The summed E-state index contributed by atoms with van der Waals surface area (Å²) in [7, 11) is -3.49. The summed E-state index contributed by atoms with van der Waals surface area (Å²) in [4.78, 5) is 27.4. The van der Waals surface area contributed by atoms with Crippen LogP contribution in [0.4, 0.5) is 5.69 Å². The number of para-hydroxylation sites is 1. The number of benzene rings is 2. The zero-order chi connectivity index (χ0) is 24.4. The van der Waals surface area contributed by atoms with Crippen molar-refractivity contribution in [2.24, 2.45) is 5.92 Å². The van der Waals surface area contributed by atoms with Crippen molar-refractivity contribution in [1.29, 1.82) is 0 Å². The van der Waals surface area contributed by atoms with Crippen LogP contribution in [-0.2, 0) is 26.2 Å². The number of sulfonamides is 1. The van der Waals surface area contributed by atoms with E-state index < -0.39 is 16.1 Å². The molecule has 1 atom stereocenters. The first-order chi connectivity index (χ1) is 15.6. The molecule has 2 amide bonds. The molecule has 2 rings (SSSR count). The van der Waals surface area contributed by atoms with Crippen LogP contribution in [0.1, 0.15) is 39.2 Å². The Morgan fingerprint density at radius 2 is 1.52 bits per heavy atom. The van der Waals surface area contributed by atoms with Gasteiger partial charge in [0.2, 0.25) is 21.8 Å². The Bertz CT molecular complexity index is 995. The lowest BCUT2D eigenvalue weighted by Crippen LogP contribution is -2.48. The number of carbonyl (C=O) groups excluding carboxylic acids is 2. The van der Waals surface area contributed by atoms with Crippen molar-refractivity contribution in [2.75, 3.05) is 23.7 Å². The van der Waals surface area contributed by atoms with Gasteiger partial charge in [0, 0.05) is 26.1 Å². The van der Waals surface area contributed by atoms with Gasteiger partial charge in [0.15, 0.2) is 0 Å². The second kappa shape index (κ2) is 12.4. The minimum atomic E-state index is -3.49. The minimum absolute atomic E-state index is 0.132. The molecule has 0 spiro atoms. The van der Waals surface area contributed by atoms with Gasteiger partial charge in [-0.25, -0.2) is 8.42 Å². The monoisotopic (exact) mass is 473 g/mol. The standard InChI is InChI=1S/C25H35N3O4S/c1-20(2)18-26-25(30)21(3)27(19-22-12-7-5-8-13-22)24(29)16-11-17-28(33(4,31)32)23-14-9-6-10-15-23/h5-10,12-15,20-21H,11,16-19H2,1-4H3,(H,26,30)/t21-/m1/s1. The molecular formula is C25H35N3O4S. The maximum Gasteiger partial charge on any atom is 0.242 e. The average Bonchev–Trinajstić information content (AvgIpc) is 2.78. The van der Waals surface area contributed by atoms with Crippen LogP contribution in [0.2, 0.25) is 0 Å². The summed E-state index contributed by atoms with van der Waals surface area (Å²) in [6, 6.07) is 17.7. The van der Waals surface area contributed by atoms with Crippen LogP contribution in [-0.4, -0.2) is 50.5 Å². The van der Waals surface area contributed by atoms with Gasteiger partial charge in [-0.1, -0.05) is 62.4 Å². The molecule has 0 aliphatic heterocycles. The Hall–Kier alpha value is -2.87. The SMILES string of the molecule is CC(C)CNC(=O)[C@@H](C)N(Cc1ccccc1)C(=O)CCCN(c1ccccc1)S(C)(=O)=O. The zero-order valence-corrected chi connectivity index (χ0v) is 20.7.